The van der Waals surface area contributed by atoms with E-state index in [1.807, 2.05) is 11.8 Å². The fourth-order valence-corrected chi connectivity index (χ4v) is 2.48. The molecule has 2 rings (SSSR count). The van der Waals surface area contributed by atoms with Crippen molar-refractivity contribution in [2.75, 3.05) is 31.3 Å². The summed E-state index contributed by atoms with van der Waals surface area (Å²) >= 11 is 2.05. The summed E-state index contributed by atoms with van der Waals surface area (Å²) in [5.41, 5.74) is 0.132. The van der Waals surface area contributed by atoms with Crippen LogP contribution in [0.2, 0.25) is 0 Å². The third-order valence-corrected chi connectivity index (χ3v) is 3.34. The van der Waals surface area contributed by atoms with Gasteiger partial charge in [-0.1, -0.05) is 0 Å². The molecule has 1 spiro atoms. The first kappa shape index (κ1) is 7.90. The summed E-state index contributed by atoms with van der Waals surface area (Å²) in [7, 11) is 0. The molecule has 0 aromatic carbocycles. The first-order chi connectivity index (χ1) is 5.41. The van der Waals surface area contributed by atoms with Gasteiger partial charge in [0, 0.05) is 6.61 Å². The molecular weight excluding hydrogens is 160 g/mol. The summed E-state index contributed by atoms with van der Waals surface area (Å²) < 4.78 is 10.9. The third kappa shape index (κ3) is 1.71. The zero-order chi connectivity index (χ0) is 7.57. The lowest BCUT2D eigenvalue weighted by Crippen LogP contribution is -2.52. The van der Waals surface area contributed by atoms with Gasteiger partial charge in [0.2, 0.25) is 0 Å². The van der Waals surface area contributed by atoms with E-state index < -0.39 is 0 Å². The lowest BCUT2D eigenvalue weighted by Gasteiger charge is -2.42. The minimum atomic E-state index is 0.132. The standard InChI is InChI=1S/C8H14O2S/c1-3-10-8(6-9-7-8)2-5-11-4-1/h1-7H2. The van der Waals surface area contributed by atoms with Crippen LogP contribution in [0.5, 0.6) is 0 Å². The Morgan fingerprint density at radius 2 is 2.09 bits per heavy atom. The second-order valence-corrected chi connectivity index (χ2v) is 4.46. The van der Waals surface area contributed by atoms with Crippen molar-refractivity contribution in [2.45, 2.75) is 18.4 Å². The third-order valence-electron chi connectivity index (χ3n) is 2.27. The summed E-state index contributed by atoms with van der Waals surface area (Å²) in [4.78, 5) is 0. The van der Waals surface area contributed by atoms with Crippen molar-refractivity contribution in [3.8, 4) is 0 Å². The molecule has 64 valence electrons. The van der Waals surface area contributed by atoms with E-state index in [4.69, 9.17) is 9.47 Å². The monoisotopic (exact) mass is 174 g/mol. The van der Waals surface area contributed by atoms with E-state index in [9.17, 15) is 0 Å². The van der Waals surface area contributed by atoms with Crippen LogP contribution in [-0.2, 0) is 9.47 Å². The van der Waals surface area contributed by atoms with Crippen LogP contribution in [0.25, 0.3) is 0 Å². The Labute approximate surface area is 71.6 Å². The minimum absolute atomic E-state index is 0.132. The molecule has 0 atom stereocenters. The summed E-state index contributed by atoms with van der Waals surface area (Å²) in [6.07, 6.45) is 2.38. The van der Waals surface area contributed by atoms with Crippen molar-refractivity contribution in [2.24, 2.45) is 0 Å². The molecule has 0 amide bonds. The highest BCUT2D eigenvalue weighted by Gasteiger charge is 2.39. The van der Waals surface area contributed by atoms with Crippen molar-refractivity contribution >= 4 is 11.8 Å². The maximum absolute atomic E-state index is 5.77. The number of thioether (sulfide) groups is 1. The molecule has 2 heterocycles. The maximum Gasteiger partial charge on any atom is 0.115 e. The Morgan fingerprint density at radius 1 is 1.18 bits per heavy atom. The molecule has 0 bridgehead atoms. The predicted octanol–water partition coefficient (Wildman–Crippen LogP) is 1.30. The first-order valence-electron chi connectivity index (χ1n) is 4.21. The summed E-state index contributed by atoms with van der Waals surface area (Å²) in [6.45, 7) is 2.58. The van der Waals surface area contributed by atoms with Gasteiger partial charge < -0.3 is 9.47 Å². The molecule has 0 radical (unpaired) electrons. The molecule has 0 saturated carbocycles. The molecule has 2 aliphatic rings. The zero-order valence-electron chi connectivity index (χ0n) is 6.67. The molecule has 0 N–H and O–H groups in total. The molecular formula is C8H14O2S. The average Bonchev–Trinajstić information content (AvgIpc) is 1.82. The summed E-state index contributed by atoms with van der Waals surface area (Å²) in [6, 6.07) is 0. The fourth-order valence-electron chi connectivity index (χ4n) is 1.44. The topological polar surface area (TPSA) is 18.5 Å². The van der Waals surface area contributed by atoms with E-state index in [1.165, 1.54) is 24.3 Å². The smallest absolute Gasteiger partial charge is 0.115 e. The van der Waals surface area contributed by atoms with Crippen molar-refractivity contribution in [1.82, 2.24) is 0 Å². The molecule has 2 nitrogen and oxygen atoms in total. The molecule has 2 aliphatic heterocycles. The second-order valence-electron chi connectivity index (χ2n) is 3.24. The number of ether oxygens (including phenoxy) is 2. The van der Waals surface area contributed by atoms with Crippen LogP contribution in [0.1, 0.15) is 12.8 Å². The Morgan fingerprint density at radius 3 is 2.82 bits per heavy atom. The van der Waals surface area contributed by atoms with E-state index in [2.05, 4.69) is 0 Å². The Balaban J connectivity index is 1.86. The molecule has 0 unspecified atom stereocenters. The van der Waals surface area contributed by atoms with Crippen molar-refractivity contribution in [3.63, 3.8) is 0 Å². The molecule has 2 fully saturated rings. The van der Waals surface area contributed by atoms with Crippen LogP contribution in [-0.4, -0.2) is 36.9 Å². The Kier molecular flexibility index (Phi) is 2.39. The van der Waals surface area contributed by atoms with Crippen LogP contribution in [0.15, 0.2) is 0 Å². The van der Waals surface area contributed by atoms with Crippen molar-refractivity contribution in [3.05, 3.63) is 0 Å². The van der Waals surface area contributed by atoms with Gasteiger partial charge in [-0.2, -0.15) is 11.8 Å². The number of hydrogen-bond donors (Lipinski definition) is 0. The van der Waals surface area contributed by atoms with Crippen LogP contribution >= 0.6 is 11.8 Å². The largest absolute Gasteiger partial charge is 0.375 e. The summed E-state index contributed by atoms with van der Waals surface area (Å²) in [5.74, 6) is 2.50. The molecule has 0 aliphatic carbocycles. The van der Waals surface area contributed by atoms with Crippen LogP contribution in [0.3, 0.4) is 0 Å². The highest BCUT2D eigenvalue weighted by atomic mass is 32.2. The van der Waals surface area contributed by atoms with Gasteiger partial charge in [0.25, 0.3) is 0 Å². The van der Waals surface area contributed by atoms with Gasteiger partial charge in [0.1, 0.15) is 5.60 Å². The minimum Gasteiger partial charge on any atom is -0.375 e. The van der Waals surface area contributed by atoms with E-state index in [0.717, 1.165) is 19.8 Å². The van der Waals surface area contributed by atoms with Crippen molar-refractivity contribution in [1.29, 1.82) is 0 Å². The number of hydrogen-bond acceptors (Lipinski definition) is 3. The lowest BCUT2D eigenvalue weighted by atomic mass is 9.98. The van der Waals surface area contributed by atoms with Gasteiger partial charge >= 0.3 is 0 Å². The van der Waals surface area contributed by atoms with Gasteiger partial charge in [0.05, 0.1) is 13.2 Å². The van der Waals surface area contributed by atoms with Gasteiger partial charge in [-0.15, -0.1) is 0 Å². The van der Waals surface area contributed by atoms with E-state index in [0.29, 0.717) is 0 Å². The molecule has 0 aromatic rings. The Bertz CT molecular complexity index is 124. The van der Waals surface area contributed by atoms with Gasteiger partial charge in [-0.3, -0.25) is 0 Å². The van der Waals surface area contributed by atoms with Crippen LogP contribution < -0.4 is 0 Å². The molecule has 11 heavy (non-hydrogen) atoms. The maximum atomic E-state index is 5.77. The SMILES string of the molecule is C1COC2(CCSC1)COC2. The zero-order valence-corrected chi connectivity index (χ0v) is 7.49. The van der Waals surface area contributed by atoms with Crippen LogP contribution in [0, 0.1) is 0 Å². The van der Waals surface area contributed by atoms with Crippen LogP contribution in [0.4, 0.5) is 0 Å². The summed E-state index contributed by atoms with van der Waals surface area (Å²) in [5, 5.41) is 0. The van der Waals surface area contributed by atoms with Gasteiger partial charge in [-0.25, -0.2) is 0 Å². The Hall–Kier alpha value is 0.270. The normalized spacial score (nSPS) is 30.5. The van der Waals surface area contributed by atoms with Gasteiger partial charge in [-0.05, 0) is 24.3 Å². The van der Waals surface area contributed by atoms with Gasteiger partial charge in [0.15, 0.2) is 0 Å². The van der Waals surface area contributed by atoms with E-state index in [-0.39, 0.29) is 5.60 Å². The van der Waals surface area contributed by atoms with Crippen molar-refractivity contribution < 1.29 is 9.47 Å². The fraction of sp³-hybridized carbons (Fsp3) is 1.00. The predicted molar refractivity (Wildman–Crippen MR) is 46.1 cm³/mol. The quantitative estimate of drug-likeness (QED) is 0.551. The second kappa shape index (κ2) is 3.33. The number of rotatable bonds is 0. The average molecular weight is 174 g/mol. The van der Waals surface area contributed by atoms with E-state index >= 15 is 0 Å². The lowest BCUT2D eigenvalue weighted by molar-refractivity contribution is -0.210. The molecule has 2 saturated heterocycles. The van der Waals surface area contributed by atoms with E-state index in [1.54, 1.807) is 0 Å². The molecule has 3 heteroatoms. The first-order valence-corrected chi connectivity index (χ1v) is 5.36. The molecule has 0 aromatic heterocycles. The highest BCUT2D eigenvalue weighted by Crippen LogP contribution is 2.29. The highest BCUT2D eigenvalue weighted by molar-refractivity contribution is 7.99.